The van der Waals surface area contributed by atoms with Crippen molar-refractivity contribution >= 4 is 11.4 Å². The molecule has 1 rings (SSSR count). The van der Waals surface area contributed by atoms with Crippen LogP contribution in [0.2, 0.25) is 0 Å². The molecule has 0 bridgehead atoms. The van der Waals surface area contributed by atoms with E-state index >= 15 is 0 Å². The number of nitro benzene ring substituents is 2. The van der Waals surface area contributed by atoms with Gasteiger partial charge in [0, 0.05) is 30.3 Å². The number of hydrogen-bond donors (Lipinski definition) is 2. The Morgan fingerprint density at radius 3 is 2.43 bits per heavy atom. The fraction of sp³-hybridized carbons (Fsp3) is 0.538. The first-order valence-corrected chi connectivity index (χ1v) is 6.60. The second-order valence-electron chi connectivity index (χ2n) is 5.07. The molecule has 0 aromatic heterocycles. The Morgan fingerprint density at radius 1 is 1.29 bits per heavy atom. The summed E-state index contributed by atoms with van der Waals surface area (Å²) in [6.07, 6.45) is 1.26. The molecule has 0 radical (unpaired) electrons. The van der Waals surface area contributed by atoms with Gasteiger partial charge in [0.1, 0.15) is 0 Å². The SMILES string of the molecule is CCC(C)(CCO)NCc1ccc([N+](=O)[O-])cc1[N+](=O)[O-]. The Hall–Kier alpha value is -2.06. The van der Waals surface area contributed by atoms with E-state index in [1.807, 2.05) is 13.8 Å². The van der Waals surface area contributed by atoms with Crippen LogP contribution in [0.25, 0.3) is 0 Å². The average molecular weight is 297 g/mol. The zero-order valence-corrected chi connectivity index (χ0v) is 12.0. The molecule has 8 nitrogen and oxygen atoms in total. The van der Waals surface area contributed by atoms with Gasteiger partial charge in [-0.3, -0.25) is 20.2 Å². The van der Waals surface area contributed by atoms with E-state index in [9.17, 15) is 20.2 Å². The van der Waals surface area contributed by atoms with Crippen molar-refractivity contribution < 1.29 is 15.0 Å². The van der Waals surface area contributed by atoms with Crippen LogP contribution >= 0.6 is 0 Å². The highest BCUT2D eigenvalue weighted by molar-refractivity contribution is 5.49. The molecule has 1 aromatic rings. The van der Waals surface area contributed by atoms with Gasteiger partial charge in [-0.1, -0.05) is 6.92 Å². The predicted octanol–water partition coefficient (Wildman–Crippen LogP) is 2.14. The van der Waals surface area contributed by atoms with E-state index in [0.717, 1.165) is 12.5 Å². The Kier molecular flexibility index (Phi) is 5.74. The number of nitrogens with zero attached hydrogens (tertiary/aromatic N) is 2. The van der Waals surface area contributed by atoms with Gasteiger partial charge in [0.25, 0.3) is 11.4 Å². The minimum Gasteiger partial charge on any atom is -0.396 e. The predicted molar refractivity (Wildman–Crippen MR) is 77.0 cm³/mol. The first-order valence-electron chi connectivity index (χ1n) is 6.60. The van der Waals surface area contributed by atoms with Crippen LogP contribution in [0.5, 0.6) is 0 Å². The lowest BCUT2D eigenvalue weighted by Crippen LogP contribution is -2.42. The number of aliphatic hydroxyl groups excluding tert-OH is 1. The van der Waals surface area contributed by atoms with Crippen molar-refractivity contribution in [1.29, 1.82) is 0 Å². The van der Waals surface area contributed by atoms with Gasteiger partial charge in [-0.15, -0.1) is 0 Å². The quantitative estimate of drug-likeness (QED) is 0.560. The van der Waals surface area contributed by atoms with E-state index in [1.165, 1.54) is 12.1 Å². The number of hydrogen-bond acceptors (Lipinski definition) is 6. The molecule has 0 aliphatic heterocycles. The molecule has 0 saturated heterocycles. The van der Waals surface area contributed by atoms with Gasteiger partial charge in [0.2, 0.25) is 0 Å². The summed E-state index contributed by atoms with van der Waals surface area (Å²) in [5, 5.41) is 33.9. The molecule has 0 aliphatic carbocycles. The van der Waals surface area contributed by atoms with Crippen LogP contribution in [-0.4, -0.2) is 27.1 Å². The normalized spacial score (nSPS) is 13.7. The minimum absolute atomic E-state index is 0.0136. The van der Waals surface area contributed by atoms with E-state index in [-0.39, 0.29) is 30.1 Å². The zero-order chi connectivity index (χ0) is 16.0. The van der Waals surface area contributed by atoms with Gasteiger partial charge >= 0.3 is 0 Å². The maximum Gasteiger partial charge on any atom is 0.280 e. The molecule has 1 atom stereocenters. The van der Waals surface area contributed by atoms with Gasteiger partial charge in [-0.2, -0.15) is 0 Å². The lowest BCUT2D eigenvalue weighted by Gasteiger charge is -2.29. The van der Waals surface area contributed by atoms with Crippen molar-refractivity contribution in [2.24, 2.45) is 0 Å². The molecule has 0 amide bonds. The molecule has 0 saturated carbocycles. The van der Waals surface area contributed by atoms with Gasteiger partial charge in [0.15, 0.2) is 0 Å². The Morgan fingerprint density at radius 2 is 1.95 bits per heavy atom. The summed E-state index contributed by atoms with van der Waals surface area (Å²) < 4.78 is 0. The molecule has 0 fully saturated rings. The van der Waals surface area contributed by atoms with Crippen molar-refractivity contribution in [3.63, 3.8) is 0 Å². The van der Waals surface area contributed by atoms with Crippen LogP contribution < -0.4 is 5.32 Å². The lowest BCUT2D eigenvalue weighted by atomic mass is 9.94. The summed E-state index contributed by atoms with van der Waals surface area (Å²) in [6, 6.07) is 3.60. The van der Waals surface area contributed by atoms with Crippen molar-refractivity contribution in [1.82, 2.24) is 5.32 Å². The molecule has 0 heterocycles. The molecule has 8 heteroatoms. The smallest absolute Gasteiger partial charge is 0.280 e. The molecular weight excluding hydrogens is 278 g/mol. The summed E-state index contributed by atoms with van der Waals surface area (Å²) in [5.74, 6) is 0. The van der Waals surface area contributed by atoms with Crippen molar-refractivity contribution in [2.75, 3.05) is 6.61 Å². The highest BCUT2D eigenvalue weighted by Gasteiger charge is 2.24. The largest absolute Gasteiger partial charge is 0.396 e. The molecular formula is C13H19N3O5. The molecule has 0 spiro atoms. The summed E-state index contributed by atoms with van der Waals surface area (Å²) in [6.45, 7) is 4.09. The summed E-state index contributed by atoms with van der Waals surface area (Å²) in [5.41, 5.74) is -0.550. The highest BCUT2D eigenvalue weighted by atomic mass is 16.6. The second kappa shape index (κ2) is 7.09. The number of non-ortho nitro benzene ring substituents is 1. The van der Waals surface area contributed by atoms with Crippen LogP contribution in [0, 0.1) is 20.2 Å². The monoisotopic (exact) mass is 297 g/mol. The topological polar surface area (TPSA) is 119 Å². The highest BCUT2D eigenvalue weighted by Crippen LogP contribution is 2.25. The van der Waals surface area contributed by atoms with Gasteiger partial charge in [-0.25, -0.2) is 0 Å². The third-order valence-electron chi connectivity index (χ3n) is 3.63. The molecule has 2 N–H and O–H groups in total. The number of aliphatic hydroxyl groups is 1. The van der Waals surface area contributed by atoms with Crippen LogP contribution in [0.1, 0.15) is 32.3 Å². The van der Waals surface area contributed by atoms with Crippen molar-refractivity contribution in [3.8, 4) is 0 Å². The Bertz CT molecular complexity index is 535. The third-order valence-corrected chi connectivity index (χ3v) is 3.63. The number of rotatable bonds is 8. The zero-order valence-electron chi connectivity index (χ0n) is 12.0. The average Bonchev–Trinajstić information content (AvgIpc) is 2.45. The van der Waals surface area contributed by atoms with E-state index in [4.69, 9.17) is 5.11 Å². The summed E-state index contributed by atoms with van der Waals surface area (Å²) in [4.78, 5) is 20.4. The number of benzene rings is 1. The van der Waals surface area contributed by atoms with E-state index in [1.54, 1.807) is 0 Å². The number of nitro groups is 2. The van der Waals surface area contributed by atoms with Crippen LogP contribution in [-0.2, 0) is 6.54 Å². The van der Waals surface area contributed by atoms with Gasteiger partial charge in [-0.05, 0) is 25.8 Å². The summed E-state index contributed by atoms with van der Waals surface area (Å²) >= 11 is 0. The van der Waals surface area contributed by atoms with E-state index in [0.29, 0.717) is 12.0 Å². The van der Waals surface area contributed by atoms with Gasteiger partial charge < -0.3 is 10.4 Å². The van der Waals surface area contributed by atoms with Gasteiger partial charge in [0.05, 0.1) is 15.9 Å². The Balaban J connectivity index is 2.97. The molecule has 1 unspecified atom stereocenters. The maximum atomic E-state index is 11.0. The standard InChI is InChI=1S/C13H19N3O5/c1-3-13(2,6-7-17)14-9-10-4-5-11(15(18)19)8-12(10)16(20)21/h4-5,8,14,17H,3,6-7,9H2,1-2H3. The molecule has 116 valence electrons. The van der Waals surface area contributed by atoms with Crippen LogP contribution in [0.15, 0.2) is 18.2 Å². The van der Waals surface area contributed by atoms with Crippen LogP contribution in [0.3, 0.4) is 0 Å². The second-order valence-corrected chi connectivity index (χ2v) is 5.07. The number of nitrogens with one attached hydrogen (secondary N) is 1. The minimum atomic E-state index is -0.661. The molecule has 0 aliphatic rings. The third kappa shape index (κ3) is 4.47. The fourth-order valence-electron chi connectivity index (χ4n) is 1.93. The molecule has 21 heavy (non-hydrogen) atoms. The first kappa shape index (κ1) is 17.0. The van der Waals surface area contributed by atoms with E-state index in [2.05, 4.69) is 5.32 Å². The Labute approximate surface area is 122 Å². The lowest BCUT2D eigenvalue weighted by molar-refractivity contribution is -0.394. The van der Waals surface area contributed by atoms with Crippen molar-refractivity contribution in [2.45, 2.75) is 38.8 Å². The fourth-order valence-corrected chi connectivity index (χ4v) is 1.93. The maximum absolute atomic E-state index is 11.0. The summed E-state index contributed by atoms with van der Waals surface area (Å²) in [7, 11) is 0. The molecule has 1 aromatic carbocycles. The van der Waals surface area contributed by atoms with E-state index < -0.39 is 9.85 Å². The van der Waals surface area contributed by atoms with Crippen molar-refractivity contribution in [3.05, 3.63) is 44.0 Å². The first-order chi connectivity index (χ1) is 9.83. The van der Waals surface area contributed by atoms with Crippen LogP contribution in [0.4, 0.5) is 11.4 Å².